The molecule has 1 unspecified atom stereocenters. The molecular formula is C13H20N2O. The fourth-order valence-electron chi connectivity index (χ4n) is 1.46. The molecule has 3 N–H and O–H groups in total. The maximum atomic E-state index is 11.2. The first-order valence-electron chi connectivity index (χ1n) is 5.74. The highest BCUT2D eigenvalue weighted by atomic mass is 16.2. The van der Waals surface area contributed by atoms with Gasteiger partial charge in [0.25, 0.3) is 0 Å². The Morgan fingerprint density at radius 3 is 2.38 bits per heavy atom. The lowest BCUT2D eigenvalue weighted by Gasteiger charge is -2.08. The van der Waals surface area contributed by atoms with E-state index >= 15 is 0 Å². The van der Waals surface area contributed by atoms with Crippen LogP contribution in [0.1, 0.15) is 31.4 Å². The van der Waals surface area contributed by atoms with E-state index in [4.69, 9.17) is 5.73 Å². The molecule has 1 rings (SSSR count). The summed E-state index contributed by atoms with van der Waals surface area (Å²) in [6, 6.07) is 7.87. The van der Waals surface area contributed by atoms with E-state index in [0.717, 1.165) is 18.4 Å². The summed E-state index contributed by atoms with van der Waals surface area (Å²) in [6.07, 6.45) is 2.26. The molecule has 0 fully saturated rings. The van der Waals surface area contributed by atoms with Gasteiger partial charge in [-0.1, -0.05) is 37.6 Å². The Kier molecular flexibility index (Phi) is 4.99. The summed E-state index contributed by atoms with van der Waals surface area (Å²) in [4.78, 5) is 11.2. The number of benzene rings is 1. The molecule has 0 saturated heterocycles. The minimum absolute atomic E-state index is 0.113. The van der Waals surface area contributed by atoms with Crippen LogP contribution in [0.15, 0.2) is 24.3 Å². The molecular weight excluding hydrogens is 200 g/mol. The fourth-order valence-corrected chi connectivity index (χ4v) is 1.46. The van der Waals surface area contributed by atoms with Crippen LogP contribution in [0.4, 0.5) is 0 Å². The van der Waals surface area contributed by atoms with E-state index in [9.17, 15) is 4.79 Å². The molecule has 0 heterocycles. The second kappa shape index (κ2) is 6.28. The van der Waals surface area contributed by atoms with Crippen molar-refractivity contribution in [2.45, 2.75) is 39.3 Å². The van der Waals surface area contributed by atoms with Crippen LogP contribution >= 0.6 is 0 Å². The monoisotopic (exact) mass is 220 g/mol. The van der Waals surface area contributed by atoms with Gasteiger partial charge in [0.1, 0.15) is 0 Å². The summed E-state index contributed by atoms with van der Waals surface area (Å²) in [7, 11) is 0. The van der Waals surface area contributed by atoms with Crippen molar-refractivity contribution < 1.29 is 4.79 Å². The van der Waals surface area contributed by atoms with Crippen molar-refractivity contribution in [1.29, 1.82) is 0 Å². The molecule has 3 nitrogen and oxygen atoms in total. The highest BCUT2D eigenvalue weighted by Gasteiger charge is 2.05. The van der Waals surface area contributed by atoms with Crippen molar-refractivity contribution in [3.8, 4) is 0 Å². The number of amides is 1. The quantitative estimate of drug-likeness (QED) is 0.792. The maximum Gasteiger partial charge on any atom is 0.236 e. The second-order valence-corrected chi connectivity index (χ2v) is 4.07. The zero-order chi connectivity index (χ0) is 12.0. The molecule has 1 aromatic rings. The molecule has 0 aliphatic heterocycles. The van der Waals surface area contributed by atoms with Gasteiger partial charge in [-0.25, -0.2) is 0 Å². The largest absolute Gasteiger partial charge is 0.351 e. The van der Waals surface area contributed by atoms with Gasteiger partial charge in [0, 0.05) is 6.54 Å². The minimum Gasteiger partial charge on any atom is -0.351 e. The Morgan fingerprint density at radius 1 is 1.31 bits per heavy atom. The number of hydrogen-bond acceptors (Lipinski definition) is 2. The molecule has 0 bridgehead atoms. The van der Waals surface area contributed by atoms with Gasteiger partial charge in [0.2, 0.25) is 5.91 Å². The average molecular weight is 220 g/mol. The second-order valence-electron chi connectivity index (χ2n) is 4.07. The van der Waals surface area contributed by atoms with E-state index in [1.54, 1.807) is 6.92 Å². The third-order valence-corrected chi connectivity index (χ3v) is 2.44. The van der Waals surface area contributed by atoms with E-state index in [1.807, 2.05) is 12.1 Å². The van der Waals surface area contributed by atoms with Gasteiger partial charge in [0.05, 0.1) is 6.04 Å². The van der Waals surface area contributed by atoms with E-state index in [-0.39, 0.29) is 5.91 Å². The van der Waals surface area contributed by atoms with Crippen LogP contribution in [0.3, 0.4) is 0 Å². The smallest absolute Gasteiger partial charge is 0.236 e. The number of carbonyl (C=O) groups is 1. The molecule has 88 valence electrons. The molecule has 1 aromatic carbocycles. The van der Waals surface area contributed by atoms with Crippen LogP contribution < -0.4 is 11.1 Å². The summed E-state index contributed by atoms with van der Waals surface area (Å²) in [5, 5.41) is 2.79. The summed E-state index contributed by atoms with van der Waals surface area (Å²) >= 11 is 0. The Hall–Kier alpha value is -1.35. The third-order valence-electron chi connectivity index (χ3n) is 2.44. The number of rotatable bonds is 5. The predicted molar refractivity (Wildman–Crippen MR) is 65.9 cm³/mol. The van der Waals surface area contributed by atoms with Crippen molar-refractivity contribution in [3.05, 3.63) is 35.4 Å². The lowest BCUT2D eigenvalue weighted by molar-refractivity contribution is -0.122. The summed E-state index contributed by atoms with van der Waals surface area (Å²) in [6.45, 7) is 4.39. The average Bonchev–Trinajstić information content (AvgIpc) is 2.28. The topological polar surface area (TPSA) is 55.1 Å². The zero-order valence-corrected chi connectivity index (χ0v) is 9.99. The fraction of sp³-hybridized carbons (Fsp3) is 0.462. The standard InChI is InChI=1S/C13H20N2O/c1-3-4-11-5-7-12(8-6-11)9-15-13(16)10(2)14/h5-8,10H,3-4,9,14H2,1-2H3,(H,15,16). The number of nitrogens with one attached hydrogen (secondary N) is 1. The van der Waals surface area contributed by atoms with Gasteiger partial charge in [-0.15, -0.1) is 0 Å². The van der Waals surface area contributed by atoms with Crippen molar-refractivity contribution in [2.75, 3.05) is 0 Å². The van der Waals surface area contributed by atoms with Crippen LogP contribution in [0.5, 0.6) is 0 Å². The van der Waals surface area contributed by atoms with Crippen LogP contribution in [0.2, 0.25) is 0 Å². The Morgan fingerprint density at radius 2 is 1.88 bits per heavy atom. The minimum atomic E-state index is -0.445. The summed E-state index contributed by atoms with van der Waals surface area (Å²) in [5.74, 6) is -0.113. The van der Waals surface area contributed by atoms with E-state index in [0.29, 0.717) is 6.54 Å². The van der Waals surface area contributed by atoms with E-state index in [2.05, 4.69) is 24.4 Å². The first-order valence-corrected chi connectivity index (χ1v) is 5.74. The van der Waals surface area contributed by atoms with Gasteiger partial charge in [-0.3, -0.25) is 4.79 Å². The third kappa shape index (κ3) is 4.03. The SMILES string of the molecule is CCCc1ccc(CNC(=O)C(C)N)cc1. The molecule has 3 heteroatoms. The number of carbonyl (C=O) groups excluding carboxylic acids is 1. The zero-order valence-electron chi connectivity index (χ0n) is 9.99. The van der Waals surface area contributed by atoms with Crippen LogP contribution in [0.25, 0.3) is 0 Å². The molecule has 0 saturated carbocycles. The van der Waals surface area contributed by atoms with Gasteiger partial charge in [0.15, 0.2) is 0 Å². The lowest BCUT2D eigenvalue weighted by atomic mass is 10.1. The van der Waals surface area contributed by atoms with E-state index in [1.165, 1.54) is 5.56 Å². The predicted octanol–water partition coefficient (Wildman–Crippen LogP) is 1.60. The van der Waals surface area contributed by atoms with Crippen molar-refractivity contribution in [1.82, 2.24) is 5.32 Å². The Labute approximate surface area is 97.0 Å². The lowest BCUT2D eigenvalue weighted by Crippen LogP contribution is -2.37. The van der Waals surface area contributed by atoms with Crippen LogP contribution in [0, 0.1) is 0 Å². The number of hydrogen-bond donors (Lipinski definition) is 2. The molecule has 16 heavy (non-hydrogen) atoms. The molecule has 0 aliphatic rings. The Bertz CT molecular complexity index is 330. The molecule has 0 aromatic heterocycles. The summed E-state index contributed by atoms with van der Waals surface area (Å²) < 4.78 is 0. The summed E-state index contributed by atoms with van der Waals surface area (Å²) in [5.41, 5.74) is 7.89. The molecule has 1 atom stereocenters. The van der Waals surface area contributed by atoms with Gasteiger partial charge in [-0.05, 0) is 24.5 Å². The molecule has 0 radical (unpaired) electrons. The van der Waals surface area contributed by atoms with Gasteiger partial charge < -0.3 is 11.1 Å². The highest BCUT2D eigenvalue weighted by Crippen LogP contribution is 2.06. The van der Waals surface area contributed by atoms with Crippen molar-refractivity contribution in [3.63, 3.8) is 0 Å². The first kappa shape index (κ1) is 12.7. The Balaban J connectivity index is 2.46. The first-order chi connectivity index (χ1) is 7.63. The normalized spacial score (nSPS) is 12.2. The highest BCUT2D eigenvalue weighted by molar-refractivity contribution is 5.80. The van der Waals surface area contributed by atoms with E-state index < -0.39 is 6.04 Å². The van der Waals surface area contributed by atoms with Gasteiger partial charge >= 0.3 is 0 Å². The maximum absolute atomic E-state index is 11.2. The number of aryl methyl sites for hydroxylation is 1. The molecule has 1 amide bonds. The van der Waals surface area contributed by atoms with Crippen molar-refractivity contribution >= 4 is 5.91 Å². The van der Waals surface area contributed by atoms with Crippen molar-refractivity contribution in [2.24, 2.45) is 5.73 Å². The number of nitrogens with two attached hydrogens (primary N) is 1. The molecule has 0 spiro atoms. The van der Waals surface area contributed by atoms with Gasteiger partial charge in [-0.2, -0.15) is 0 Å². The molecule has 0 aliphatic carbocycles. The van der Waals surface area contributed by atoms with Crippen LogP contribution in [-0.4, -0.2) is 11.9 Å². The van der Waals surface area contributed by atoms with Crippen LogP contribution in [-0.2, 0) is 17.8 Å².